The van der Waals surface area contributed by atoms with Crippen LogP contribution in [0.25, 0.3) is 0 Å². The first-order valence-corrected chi connectivity index (χ1v) is 5.28. The lowest BCUT2D eigenvalue weighted by Gasteiger charge is -2.28. The molecule has 0 spiro atoms. The SMILES string of the molecule is CC(C)N1CC(C)(CN(C)C)CC1=O. The summed E-state index contributed by atoms with van der Waals surface area (Å²) in [4.78, 5) is 15.9. The normalized spacial score (nSPS) is 28.2. The molecule has 82 valence electrons. The third-order valence-electron chi connectivity index (χ3n) is 2.77. The van der Waals surface area contributed by atoms with Crippen molar-refractivity contribution in [3.8, 4) is 0 Å². The summed E-state index contributed by atoms with van der Waals surface area (Å²) in [5.74, 6) is 0.310. The summed E-state index contributed by atoms with van der Waals surface area (Å²) in [6, 6.07) is 0.339. The predicted molar refractivity (Wildman–Crippen MR) is 58.1 cm³/mol. The molecule has 0 aromatic rings. The fourth-order valence-electron chi connectivity index (χ4n) is 2.36. The predicted octanol–water partition coefficient (Wildman–Crippen LogP) is 1.20. The minimum Gasteiger partial charge on any atom is -0.340 e. The Morgan fingerprint density at radius 3 is 2.43 bits per heavy atom. The molecule has 1 saturated heterocycles. The number of likely N-dealkylation sites (tertiary alicyclic amines) is 1. The van der Waals surface area contributed by atoms with Gasteiger partial charge in [0, 0.05) is 31.0 Å². The van der Waals surface area contributed by atoms with Gasteiger partial charge < -0.3 is 9.80 Å². The van der Waals surface area contributed by atoms with Crippen molar-refractivity contribution in [3.63, 3.8) is 0 Å². The lowest BCUT2D eigenvalue weighted by molar-refractivity contribution is -0.129. The molecule has 1 fully saturated rings. The minimum absolute atomic E-state index is 0.144. The quantitative estimate of drug-likeness (QED) is 0.680. The number of nitrogens with zero attached hydrogens (tertiary/aromatic N) is 2. The van der Waals surface area contributed by atoms with Crippen LogP contribution in [0.5, 0.6) is 0 Å². The van der Waals surface area contributed by atoms with Gasteiger partial charge in [0.2, 0.25) is 5.91 Å². The van der Waals surface area contributed by atoms with Gasteiger partial charge in [-0.1, -0.05) is 6.92 Å². The maximum absolute atomic E-state index is 11.7. The summed E-state index contributed by atoms with van der Waals surface area (Å²) in [6.07, 6.45) is 0.698. The van der Waals surface area contributed by atoms with Crippen molar-refractivity contribution in [2.75, 3.05) is 27.2 Å². The molecule has 0 aliphatic carbocycles. The van der Waals surface area contributed by atoms with Crippen LogP contribution in [-0.4, -0.2) is 48.9 Å². The van der Waals surface area contributed by atoms with Crippen molar-refractivity contribution >= 4 is 5.91 Å². The van der Waals surface area contributed by atoms with Crippen LogP contribution >= 0.6 is 0 Å². The zero-order valence-corrected chi connectivity index (χ0v) is 10.0. The highest BCUT2D eigenvalue weighted by atomic mass is 16.2. The molecule has 1 aliphatic rings. The first-order valence-electron chi connectivity index (χ1n) is 5.28. The molecule has 3 nitrogen and oxygen atoms in total. The van der Waals surface area contributed by atoms with Gasteiger partial charge in [-0.3, -0.25) is 4.79 Å². The van der Waals surface area contributed by atoms with Gasteiger partial charge in [0.25, 0.3) is 0 Å². The van der Waals surface area contributed by atoms with Crippen LogP contribution in [-0.2, 0) is 4.79 Å². The molecule has 1 atom stereocenters. The third-order valence-corrected chi connectivity index (χ3v) is 2.77. The summed E-state index contributed by atoms with van der Waals surface area (Å²) < 4.78 is 0. The van der Waals surface area contributed by atoms with E-state index >= 15 is 0 Å². The summed E-state index contributed by atoms with van der Waals surface area (Å²) >= 11 is 0. The van der Waals surface area contributed by atoms with Gasteiger partial charge in [-0.2, -0.15) is 0 Å². The van der Waals surface area contributed by atoms with Crippen LogP contribution in [0.3, 0.4) is 0 Å². The maximum atomic E-state index is 11.7. The number of amides is 1. The Morgan fingerprint density at radius 2 is 2.07 bits per heavy atom. The van der Waals surface area contributed by atoms with E-state index in [1.807, 2.05) is 4.90 Å². The summed E-state index contributed by atoms with van der Waals surface area (Å²) in [5, 5.41) is 0. The smallest absolute Gasteiger partial charge is 0.223 e. The fourth-order valence-corrected chi connectivity index (χ4v) is 2.36. The Bertz CT molecular complexity index is 225. The van der Waals surface area contributed by atoms with Crippen molar-refractivity contribution in [1.29, 1.82) is 0 Å². The lowest BCUT2D eigenvalue weighted by atomic mass is 9.89. The van der Waals surface area contributed by atoms with Crippen molar-refractivity contribution in [1.82, 2.24) is 9.80 Å². The molecule has 1 unspecified atom stereocenters. The van der Waals surface area contributed by atoms with Gasteiger partial charge in [-0.25, -0.2) is 0 Å². The molecule has 0 bridgehead atoms. The third kappa shape index (κ3) is 2.47. The molecule has 0 saturated carbocycles. The minimum atomic E-state index is 0.144. The lowest BCUT2D eigenvalue weighted by Crippen LogP contribution is -2.37. The van der Waals surface area contributed by atoms with Crippen LogP contribution in [0.1, 0.15) is 27.2 Å². The molecule has 1 aliphatic heterocycles. The molecule has 14 heavy (non-hydrogen) atoms. The van der Waals surface area contributed by atoms with E-state index in [0.717, 1.165) is 13.1 Å². The largest absolute Gasteiger partial charge is 0.340 e. The molecular formula is C11H22N2O. The monoisotopic (exact) mass is 198 g/mol. The number of carbonyl (C=O) groups excluding carboxylic acids is 1. The van der Waals surface area contributed by atoms with E-state index < -0.39 is 0 Å². The highest BCUT2D eigenvalue weighted by Crippen LogP contribution is 2.32. The number of carbonyl (C=O) groups is 1. The van der Waals surface area contributed by atoms with Crippen molar-refractivity contribution in [3.05, 3.63) is 0 Å². The molecular weight excluding hydrogens is 176 g/mol. The standard InChI is InChI=1S/C11H22N2O/c1-9(2)13-8-11(3,6-10(13)14)7-12(4)5/h9H,6-8H2,1-5H3. The zero-order valence-electron chi connectivity index (χ0n) is 10.0. The Balaban J connectivity index is 2.65. The topological polar surface area (TPSA) is 23.6 Å². The second-order valence-corrected chi connectivity index (χ2v) is 5.34. The number of hydrogen-bond donors (Lipinski definition) is 0. The van der Waals surface area contributed by atoms with Crippen molar-refractivity contribution in [2.45, 2.75) is 33.2 Å². The van der Waals surface area contributed by atoms with E-state index in [1.54, 1.807) is 0 Å². The van der Waals surface area contributed by atoms with E-state index in [4.69, 9.17) is 0 Å². The second kappa shape index (κ2) is 3.89. The zero-order chi connectivity index (χ0) is 10.9. The van der Waals surface area contributed by atoms with Gasteiger partial charge in [-0.15, -0.1) is 0 Å². The van der Waals surface area contributed by atoms with Crippen LogP contribution in [0.2, 0.25) is 0 Å². The van der Waals surface area contributed by atoms with Crippen molar-refractivity contribution in [2.24, 2.45) is 5.41 Å². The van der Waals surface area contributed by atoms with Gasteiger partial charge in [0.15, 0.2) is 0 Å². The Kier molecular flexibility index (Phi) is 3.20. The van der Waals surface area contributed by atoms with Gasteiger partial charge in [0.1, 0.15) is 0 Å². The van der Waals surface area contributed by atoms with Gasteiger partial charge in [-0.05, 0) is 27.9 Å². The molecule has 1 heterocycles. The number of rotatable bonds is 3. The van der Waals surface area contributed by atoms with Crippen LogP contribution < -0.4 is 0 Å². The fraction of sp³-hybridized carbons (Fsp3) is 0.909. The van der Waals surface area contributed by atoms with Gasteiger partial charge >= 0.3 is 0 Å². The average molecular weight is 198 g/mol. The van der Waals surface area contributed by atoms with E-state index in [2.05, 4.69) is 39.8 Å². The Hall–Kier alpha value is -0.570. The maximum Gasteiger partial charge on any atom is 0.223 e. The highest BCUT2D eigenvalue weighted by molar-refractivity contribution is 5.79. The van der Waals surface area contributed by atoms with Crippen LogP contribution in [0.15, 0.2) is 0 Å². The van der Waals surface area contributed by atoms with Crippen LogP contribution in [0.4, 0.5) is 0 Å². The van der Waals surface area contributed by atoms with E-state index in [-0.39, 0.29) is 5.41 Å². The van der Waals surface area contributed by atoms with E-state index in [1.165, 1.54) is 0 Å². The molecule has 0 radical (unpaired) electrons. The second-order valence-electron chi connectivity index (χ2n) is 5.34. The Labute approximate surface area is 87.1 Å². The molecule has 3 heteroatoms. The summed E-state index contributed by atoms with van der Waals surface area (Å²) in [7, 11) is 4.13. The summed E-state index contributed by atoms with van der Waals surface area (Å²) in [5.41, 5.74) is 0.144. The van der Waals surface area contributed by atoms with Crippen LogP contribution in [0, 0.1) is 5.41 Å². The average Bonchev–Trinajstić information content (AvgIpc) is 2.24. The molecule has 0 aromatic carbocycles. The van der Waals surface area contributed by atoms with E-state index in [9.17, 15) is 4.79 Å². The molecule has 0 aromatic heterocycles. The number of hydrogen-bond acceptors (Lipinski definition) is 2. The molecule has 1 amide bonds. The highest BCUT2D eigenvalue weighted by Gasteiger charge is 2.40. The Morgan fingerprint density at radius 1 is 1.50 bits per heavy atom. The van der Waals surface area contributed by atoms with Gasteiger partial charge in [0.05, 0.1) is 0 Å². The summed E-state index contributed by atoms with van der Waals surface area (Å²) in [6.45, 7) is 8.26. The first kappa shape index (κ1) is 11.5. The molecule has 0 N–H and O–H groups in total. The van der Waals surface area contributed by atoms with E-state index in [0.29, 0.717) is 18.4 Å². The molecule has 1 rings (SSSR count). The van der Waals surface area contributed by atoms with Crippen molar-refractivity contribution < 1.29 is 4.79 Å². The first-order chi connectivity index (χ1) is 6.34.